The van der Waals surface area contributed by atoms with Crippen LogP contribution in [0.1, 0.15) is 18.9 Å². The van der Waals surface area contributed by atoms with Gasteiger partial charge in [0, 0.05) is 23.6 Å². The lowest BCUT2D eigenvalue weighted by Crippen LogP contribution is -2.12. The summed E-state index contributed by atoms with van der Waals surface area (Å²) in [6.07, 6.45) is 1.55. The van der Waals surface area contributed by atoms with E-state index in [0.717, 1.165) is 0 Å². The molecule has 0 fully saturated rings. The zero-order chi connectivity index (χ0) is 25.2. The van der Waals surface area contributed by atoms with Gasteiger partial charge in [-0.25, -0.2) is 12.4 Å². The molecule has 0 saturated heterocycles. The van der Waals surface area contributed by atoms with Crippen LogP contribution in [0, 0.1) is 0 Å². The van der Waals surface area contributed by atoms with E-state index in [-0.39, 0.29) is 17.7 Å². The van der Waals surface area contributed by atoms with Crippen molar-refractivity contribution in [2.75, 3.05) is 13.7 Å². The molecule has 7 nitrogen and oxygen atoms in total. The summed E-state index contributed by atoms with van der Waals surface area (Å²) in [5.74, 6) is 0.223. The van der Waals surface area contributed by atoms with Gasteiger partial charge in [-0.15, -0.1) is 0 Å². The fourth-order valence-corrected chi connectivity index (χ4v) is 5.65. The van der Waals surface area contributed by atoms with Crippen LogP contribution in [0.25, 0.3) is 22.0 Å². The number of hydrogen-bond donors (Lipinski definition) is 1. The summed E-state index contributed by atoms with van der Waals surface area (Å²) in [7, 11) is -2.49. The van der Waals surface area contributed by atoms with Crippen molar-refractivity contribution in [2.45, 2.75) is 24.7 Å². The van der Waals surface area contributed by atoms with Crippen molar-refractivity contribution in [3.63, 3.8) is 0 Å². The summed E-state index contributed by atoms with van der Waals surface area (Å²) in [5.41, 5.74) is 2.37. The van der Waals surface area contributed by atoms with Gasteiger partial charge in [0.05, 0.1) is 29.2 Å². The van der Waals surface area contributed by atoms with Crippen molar-refractivity contribution in [2.24, 2.45) is 0 Å². The van der Waals surface area contributed by atoms with Gasteiger partial charge in [0.25, 0.3) is 10.0 Å². The molecule has 4 aromatic rings. The van der Waals surface area contributed by atoms with E-state index in [1.165, 1.54) is 23.3 Å². The predicted octanol–water partition coefficient (Wildman–Crippen LogP) is 5.62. The minimum absolute atomic E-state index is 0.0810. The quantitative estimate of drug-likeness (QED) is 0.312. The number of benzene rings is 3. The first-order valence-corrected chi connectivity index (χ1v) is 12.7. The van der Waals surface area contributed by atoms with Crippen LogP contribution in [0.5, 0.6) is 11.5 Å². The maximum Gasteiger partial charge on any atom is 0.303 e. The maximum atomic E-state index is 13.7. The van der Waals surface area contributed by atoms with Gasteiger partial charge in [0.15, 0.2) is 0 Å². The molecule has 0 bridgehead atoms. The van der Waals surface area contributed by atoms with Gasteiger partial charge in [-0.05, 0) is 73.0 Å². The molecule has 3 aromatic carbocycles. The van der Waals surface area contributed by atoms with E-state index in [1.54, 1.807) is 54.6 Å². The van der Waals surface area contributed by atoms with Crippen LogP contribution in [0.15, 0.2) is 71.8 Å². The average Bonchev–Trinajstić information content (AvgIpc) is 3.21. The number of halogens is 1. The number of carboxylic acids is 1. The number of nitrogens with zero attached hydrogens (tertiary/aromatic N) is 1. The van der Waals surface area contributed by atoms with Crippen LogP contribution in [0.4, 0.5) is 0 Å². The Hall–Kier alpha value is -3.49. The van der Waals surface area contributed by atoms with Crippen LogP contribution in [0.2, 0.25) is 5.02 Å². The Kier molecular flexibility index (Phi) is 7.05. The summed E-state index contributed by atoms with van der Waals surface area (Å²) in [4.78, 5) is 11.2. The number of fused-ring (bicyclic) bond motifs is 1. The second-order valence-corrected chi connectivity index (χ2v) is 10.1. The third kappa shape index (κ3) is 4.99. The van der Waals surface area contributed by atoms with Gasteiger partial charge in [-0.2, -0.15) is 0 Å². The second kappa shape index (κ2) is 10.0. The fourth-order valence-electron chi connectivity index (χ4n) is 3.94. The molecule has 4 rings (SSSR count). The number of hydrogen-bond acceptors (Lipinski definition) is 5. The lowest BCUT2D eigenvalue weighted by atomic mass is 10.1. The molecule has 0 radical (unpaired) electrons. The minimum Gasteiger partial charge on any atom is -0.497 e. The Labute approximate surface area is 208 Å². The molecule has 0 atom stereocenters. The first-order valence-electron chi connectivity index (χ1n) is 10.9. The van der Waals surface area contributed by atoms with Crippen molar-refractivity contribution in [3.05, 3.63) is 77.4 Å². The highest BCUT2D eigenvalue weighted by Gasteiger charge is 2.23. The Morgan fingerprint density at radius 2 is 1.83 bits per heavy atom. The van der Waals surface area contributed by atoms with Crippen molar-refractivity contribution in [3.8, 4) is 22.6 Å². The first kappa shape index (κ1) is 24.6. The number of aryl methyl sites for hydroxylation is 1. The molecule has 0 aliphatic rings. The Bertz CT molecular complexity index is 1510. The van der Waals surface area contributed by atoms with E-state index >= 15 is 0 Å². The van der Waals surface area contributed by atoms with Gasteiger partial charge in [-0.1, -0.05) is 23.7 Å². The molecule has 0 aliphatic carbocycles. The number of aromatic nitrogens is 1. The van der Waals surface area contributed by atoms with Crippen molar-refractivity contribution in [1.82, 2.24) is 3.97 Å². The number of methoxy groups -OCH3 is 1. The second-order valence-electron chi connectivity index (χ2n) is 7.83. The number of carbonyl (C=O) groups is 1. The topological polar surface area (TPSA) is 94.8 Å². The maximum absolute atomic E-state index is 13.7. The van der Waals surface area contributed by atoms with E-state index in [1.807, 2.05) is 6.92 Å². The van der Waals surface area contributed by atoms with E-state index in [4.69, 9.17) is 26.2 Å². The molecule has 0 saturated carbocycles. The monoisotopic (exact) mass is 513 g/mol. The molecule has 1 aromatic heterocycles. The fraction of sp³-hybridized carbons (Fsp3) is 0.192. The number of ether oxygens (including phenoxy) is 2. The third-order valence-corrected chi connectivity index (χ3v) is 7.60. The van der Waals surface area contributed by atoms with Crippen LogP contribution >= 0.6 is 11.6 Å². The first-order chi connectivity index (χ1) is 16.7. The molecule has 0 amide bonds. The van der Waals surface area contributed by atoms with Gasteiger partial charge in [0.2, 0.25) is 0 Å². The molecule has 0 aliphatic heterocycles. The normalized spacial score (nSPS) is 11.5. The van der Waals surface area contributed by atoms with Gasteiger partial charge in [-0.3, -0.25) is 4.79 Å². The van der Waals surface area contributed by atoms with E-state index < -0.39 is 16.0 Å². The molecular formula is C26H24ClNO6S. The van der Waals surface area contributed by atoms with Gasteiger partial charge in [0.1, 0.15) is 11.5 Å². The highest BCUT2D eigenvalue weighted by atomic mass is 35.5. The van der Waals surface area contributed by atoms with E-state index in [2.05, 4.69) is 0 Å². The molecule has 182 valence electrons. The van der Waals surface area contributed by atoms with Gasteiger partial charge >= 0.3 is 5.97 Å². The Morgan fingerprint density at radius 1 is 1.06 bits per heavy atom. The zero-order valence-corrected chi connectivity index (χ0v) is 20.8. The largest absolute Gasteiger partial charge is 0.497 e. The highest BCUT2D eigenvalue weighted by Crippen LogP contribution is 2.34. The molecule has 35 heavy (non-hydrogen) atoms. The van der Waals surface area contributed by atoms with Crippen molar-refractivity contribution < 1.29 is 27.8 Å². The summed E-state index contributed by atoms with van der Waals surface area (Å²) in [5, 5.41) is 10.2. The Morgan fingerprint density at radius 3 is 2.51 bits per heavy atom. The highest BCUT2D eigenvalue weighted by molar-refractivity contribution is 7.90. The number of aliphatic carboxylic acids is 1. The molecular weight excluding hydrogens is 490 g/mol. The lowest BCUT2D eigenvalue weighted by Gasteiger charge is -2.11. The number of rotatable bonds is 9. The molecule has 1 heterocycles. The van der Waals surface area contributed by atoms with E-state index in [0.29, 0.717) is 50.7 Å². The summed E-state index contributed by atoms with van der Waals surface area (Å²) in [6.45, 7) is 2.39. The summed E-state index contributed by atoms with van der Waals surface area (Å²) in [6, 6.07) is 16.9. The predicted molar refractivity (Wildman–Crippen MR) is 135 cm³/mol. The Balaban J connectivity index is 1.80. The minimum atomic E-state index is -4.00. The van der Waals surface area contributed by atoms with Crippen LogP contribution in [-0.4, -0.2) is 37.2 Å². The molecule has 9 heteroatoms. The third-order valence-electron chi connectivity index (χ3n) is 5.62. The lowest BCUT2D eigenvalue weighted by molar-refractivity contribution is -0.136. The van der Waals surface area contributed by atoms with Crippen LogP contribution in [-0.2, 0) is 21.2 Å². The summed E-state index contributed by atoms with van der Waals surface area (Å²) < 4.78 is 39.4. The van der Waals surface area contributed by atoms with Crippen LogP contribution < -0.4 is 9.47 Å². The van der Waals surface area contributed by atoms with Crippen molar-refractivity contribution >= 4 is 38.5 Å². The number of carboxylic acid groups (broad SMARTS) is 1. The smallest absolute Gasteiger partial charge is 0.303 e. The SMILES string of the molecule is CCOc1ccc(-c2cccc(S(=O)(=O)n3cc(CCC(=O)O)c4cc(OC)ccc43)c2)c(Cl)c1. The average molecular weight is 514 g/mol. The molecule has 0 unspecified atom stereocenters. The summed E-state index contributed by atoms with van der Waals surface area (Å²) >= 11 is 6.46. The van der Waals surface area contributed by atoms with E-state index in [9.17, 15) is 13.2 Å². The molecule has 0 spiro atoms. The van der Waals surface area contributed by atoms with Gasteiger partial charge < -0.3 is 14.6 Å². The molecule has 1 N–H and O–H groups in total. The standard InChI is InChI=1S/C26H24ClNO6S/c1-3-34-20-8-10-22(24(27)15-20)17-5-4-6-21(13-17)35(31,32)28-16-18(7-12-26(29)30)23-14-19(33-2)9-11-25(23)28/h4-6,8-11,13-16H,3,7,12H2,1-2H3,(H,29,30). The van der Waals surface area contributed by atoms with Crippen molar-refractivity contribution in [1.29, 1.82) is 0 Å². The zero-order valence-electron chi connectivity index (χ0n) is 19.2. The van der Waals surface area contributed by atoms with Crippen LogP contribution in [0.3, 0.4) is 0 Å².